The Balaban J connectivity index is 1.51. The van der Waals surface area contributed by atoms with E-state index in [1.165, 1.54) is 0 Å². The van der Waals surface area contributed by atoms with Crippen LogP contribution >= 0.6 is 0 Å². The van der Waals surface area contributed by atoms with Gasteiger partial charge in [-0.2, -0.15) is 0 Å². The van der Waals surface area contributed by atoms with Crippen molar-refractivity contribution in [1.29, 1.82) is 0 Å². The molecule has 20 heavy (non-hydrogen) atoms. The van der Waals surface area contributed by atoms with E-state index >= 15 is 0 Å². The van der Waals surface area contributed by atoms with Gasteiger partial charge in [-0.05, 0) is 50.9 Å². The van der Waals surface area contributed by atoms with Crippen molar-refractivity contribution in [2.24, 2.45) is 11.8 Å². The van der Waals surface area contributed by atoms with E-state index in [9.17, 15) is 4.79 Å². The highest BCUT2D eigenvalue weighted by molar-refractivity contribution is 5.81. The minimum absolute atomic E-state index is 0.0526. The van der Waals surface area contributed by atoms with E-state index in [1.54, 1.807) is 7.11 Å². The third-order valence-electron chi connectivity index (χ3n) is 5.24. The van der Waals surface area contributed by atoms with E-state index in [-0.39, 0.29) is 5.60 Å². The first-order chi connectivity index (χ1) is 9.72. The summed E-state index contributed by atoms with van der Waals surface area (Å²) in [6, 6.07) is 0. The molecule has 3 rings (SSSR count). The van der Waals surface area contributed by atoms with Gasteiger partial charge in [-0.3, -0.25) is 4.79 Å². The lowest BCUT2D eigenvalue weighted by atomic mass is 9.78. The normalized spacial score (nSPS) is 29.6. The van der Waals surface area contributed by atoms with Crippen molar-refractivity contribution in [3.8, 4) is 0 Å². The maximum atomic E-state index is 12.1. The van der Waals surface area contributed by atoms with Crippen LogP contribution in [0, 0.1) is 11.8 Å². The SMILES string of the molecule is COCCC1CCOC2(CCN(C(=O)C3CC3)CC2)C1. The summed E-state index contributed by atoms with van der Waals surface area (Å²) < 4.78 is 11.4. The molecule has 0 aromatic heterocycles. The molecule has 114 valence electrons. The highest BCUT2D eigenvalue weighted by Gasteiger charge is 2.42. The van der Waals surface area contributed by atoms with Gasteiger partial charge in [-0.25, -0.2) is 0 Å². The molecule has 0 aromatic carbocycles. The maximum Gasteiger partial charge on any atom is 0.225 e. The Kier molecular flexibility index (Phi) is 4.32. The van der Waals surface area contributed by atoms with Crippen molar-refractivity contribution in [3.05, 3.63) is 0 Å². The van der Waals surface area contributed by atoms with Crippen LogP contribution in [-0.2, 0) is 14.3 Å². The van der Waals surface area contributed by atoms with Crippen LogP contribution in [0.3, 0.4) is 0 Å². The van der Waals surface area contributed by atoms with E-state index in [2.05, 4.69) is 4.90 Å². The van der Waals surface area contributed by atoms with Crippen molar-refractivity contribution in [3.63, 3.8) is 0 Å². The van der Waals surface area contributed by atoms with Gasteiger partial charge >= 0.3 is 0 Å². The first-order valence-corrected chi connectivity index (χ1v) is 8.14. The van der Waals surface area contributed by atoms with Gasteiger partial charge in [0, 0.05) is 39.3 Å². The molecule has 0 bridgehead atoms. The lowest BCUT2D eigenvalue weighted by molar-refractivity contribution is -0.148. The van der Waals surface area contributed by atoms with E-state index < -0.39 is 0 Å². The number of hydrogen-bond donors (Lipinski definition) is 0. The zero-order valence-corrected chi connectivity index (χ0v) is 12.6. The third kappa shape index (κ3) is 3.17. The summed E-state index contributed by atoms with van der Waals surface area (Å²) >= 11 is 0. The quantitative estimate of drug-likeness (QED) is 0.793. The molecule has 1 amide bonds. The number of hydrogen-bond acceptors (Lipinski definition) is 3. The van der Waals surface area contributed by atoms with Crippen LogP contribution in [-0.4, -0.2) is 49.8 Å². The fourth-order valence-corrected chi connectivity index (χ4v) is 3.73. The van der Waals surface area contributed by atoms with Gasteiger partial charge in [0.15, 0.2) is 0 Å². The summed E-state index contributed by atoms with van der Waals surface area (Å²) in [5.41, 5.74) is 0.0526. The van der Waals surface area contributed by atoms with Crippen molar-refractivity contribution < 1.29 is 14.3 Å². The van der Waals surface area contributed by atoms with Gasteiger partial charge in [-0.1, -0.05) is 0 Å². The number of nitrogens with zero attached hydrogens (tertiary/aromatic N) is 1. The average Bonchev–Trinajstić information content (AvgIpc) is 3.30. The molecule has 0 aromatic rings. The molecule has 0 N–H and O–H groups in total. The molecular formula is C16H27NO3. The zero-order chi connectivity index (χ0) is 14.0. The summed E-state index contributed by atoms with van der Waals surface area (Å²) in [5.74, 6) is 1.48. The number of carbonyl (C=O) groups is 1. The summed E-state index contributed by atoms with van der Waals surface area (Å²) in [4.78, 5) is 14.2. The molecule has 1 atom stereocenters. The van der Waals surface area contributed by atoms with Crippen LogP contribution < -0.4 is 0 Å². The van der Waals surface area contributed by atoms with Crippen LogP contribution in [0.1, 0.15) is 44.9 Å². The lowest BCUT2D eigenvalue weighted by Gasteiger charge is -2.46. The van der Waals surface area contributed by atoms with Gasteiger partial charge in [0.1, 0.15) is 0 Å². The van der Waals surface area contributed by atoms with Crippen LogP contribution in [0.15, 0.2) is 0 Å². The highest BCUT2D eigenvalue weighted by Crippen LogP contribution is 2.40. The Bertz CT molecular complexity index is 346. The number of amides is 1. The molecule has 1 unspecified atom stereocenters. The second kappa shape index (κ2) is 6.02. The second-order valence-electron chi connectivity index (χ2n) is 6.77. The molecule has 1 aliphatic carbocycles. The van der Waals surface area contributed by atoms with Crippen molar-refractivity contribution >= 4 is 5.91 Å². The Hall–Kier alpha value is -0.610. The largest absolute Gasteiger partial charge is 0.385 e. The first-order valence-electron chi connectivity index (χ1n) is 8.14. The summed E-state index contributed by atoms with van der Waals surface area (Å²) in [7, 11) is 1.77. The van der Waals surface area contributed by atoms with Crippen molar-refractivity contribution in [2.45, 2.75) is 50.5 Å². The van der Waals surface area contributed by atoms with E-state index in [4.69, 9.17) is 9.47 Å². The van der Waals surface area contributed by atoms with Crippen LogP contribution in [0.2, 0.25) is 0 Å². The fraction of sp³-hybridized carbons (Fsp3) is 0.938. The molecular weight excluding hydrogens is 254 g/mol. The molecule has 3 aliphatic rings. The standard InChI is InChI=1S/C16H27NO3/c1-19-10-4-13-5-11-20-16(12-13)6-8-17(9-7-16)15(18)14-2-3-14/h13-14H,2-12H2,1H3. The molecule has 2 heterocycles. The number of ether oxygens (including phenoxy) is 2. The number of methoxy groups -OCH3 is 1. The second-order valence-corrected chi connectivity index (χ2v) is 6.77. The van der Waals surface area contributed by atoms with E-state index in [0.717, 1.165) is 77.2 Å². The number of likely N-dealkylation sites (tertiary alicyclic amines) is 1. The third-order valence-corrected chi connectivity index (χ3v) is 5.24. The molecule has 1 spiro atoms. The van der Waals surface area contributed by atoms with Gasteiger partial charge in [0.05, 0.1) is 5.60 Å². The van der Waals surface area contributed by atoms with E-state index in [1.807, 2.05) is 0 Å². The minimum Gasteiger partial charge on any atom is -0.385 e. The Morgan fingerprint density at radius 2 is 2.05 bits per heavy atom. The molecule has 2 saturated heterocycles. The van der Waals surface area contributed by atoms with Crippen molar-refractivity contribution in [1.82, 2.24) is 4.90 Å². The Morgan fingerprint density at radius 1 is 1.30 bits per heavy atom. The zero-order valence-electron chi connectivity index (χ0n) is 12.6. The minimum atomic E-state index is 0.0526. The van der Waals surface area contributed by atoms with Crippen LogP contribution in [0.25, 0.3) is 0 Å². The predicted molar refractivity (Wildman–Crippen MR) is 76.4 cm³/mol. The van der Waals surface area contributed by atoms with Gasteiger partial charge in [0.2, 0.25) is 5.91 Å². The molecule has 4 nitrogen and oxygen atoms in total. The van der Waals surface area contributed by atoms with Gasteiger partial charge in [0.25, 0.3) is 0 Å². The van der Waals surface area contributed by atoms with Crippen LogP contribution in [0.5, 0.6) is 0 Å². The monoisotopic (exact) mass is 281 g/mol. The smallest absolute Gasteiger partial charge is 0.225 e. The molecule has 2 aliphatic heterocycles. The maximum absolute atomic E-state index is 12.1. The molecule has 3 fully saturated rings. The summed E-state index contributed by atoms with van der Waals surface area (Å²) in [5, 5.41) is 0. The van der Waals surface area contributed by atoms with Crippen molar-refractivity contribution in [2.75, 3.05) is 33.4 Å². The van der Waals surface area contributed by atoms with Crippen LogP contribution in [0.4, 0.5) is 0 Å². The Morgan fingerprint density at radius 3 is 2.70 bits per heavy atom. The molecule has 1 saturated carbocycles. The molecule has 4 heteroatoms. The van der Waals surface area contributed by atoms with Gasteiger partial charge < -0.3 is 14.4 Å². The molecule has 0 radical (unpaired) electrons. The first kappa shape index (κ1) is 14.3. The number of piperidine rings is 1. The summed E-state index contributed by atoms with van der Waals surface area (Å²) in [6.45, 7) is 3.52. The number of carbonyl (C=O) groups excluding carboxylic acids is 1. The van der Waals surface area contributed by atoms with Gasteiger partial charge in [-0.15, -0.1) is 0 Å². The average molecular weight is 281 g/mol. The number of rotatable bonds is 4. The topological polar surface area (TPSA) is 38.8 Å². The van der Waals surface area contributed by atoms with E-state index in [0.29, 0.717) is 11.8 Å². The fourth-order valence-electron chi connectivity index (χ4n) is 3.73. The highest BCUT2D eigenvalue weighted by atomic mass is 16.5. The predicted octanol–water partition coefficient (Wildman–Crippen LogP) is 2.22. The Labute approximate surface area is 121 Å². The lowest BCUT2D eigenvalue weighted by Crippen LogP contribution is -2.51. The summed E-state index contributed by atoms with van der Waals surface area (Å²) in [6.07, 6.45) is 7.72.